The van der Waals surface area contributed by atoms with Crippen LogP contribution < -0.4 is 5.73 Å². The maximum absolute atomic E-state index is 11.8. The van der Waals surface area contributed by atoms with E-state index in [2.05, 4.69) is 18.7 Å². The molecule has 0 unspecified atom stereocenters. The Morgan fingerprint density at radius 2 is 1.94 bits per heavy atom. The van der Waals surface area contributed by atoms with Crippen LogP contribution in [0.5, 0.6) is 0 Å². The quantitative estimate of drug-likeness (QED) is 0.620. The molecule has 4 heteroatoms. The zero-order valence-corrected chi connectivity index (χ0v) is 11.4. The van der Waals surface area contributed by atoms with Gasteiger partial charge in [-0.1, -0.05) is 13.8 Å². The molecule has 2 N–H and O–H groups in total. The molecule has 0 amide bonds. The van der Waals surface area contributed by atoms with Crippen molar-refractivity contribution in [2.45, 2.75) is 20.8 Å². The number of esters is 1. The standard InChI is InChI=1S/C14H22N2O2/c1-4-16(5-2)6-7-18-14(17)12-8-11(3)9-13(15)10-12/h8-10H,4-7,15H2,1-3H3. The molecule has 0 bridgehead atoms. The first-order chi connectivity index (χ1) is 8.56. The van der Waals surface area contributed by atoms with Crippen molar-refractivity contribution in [1.29, 1.82) is 0 Å². The molecule has 0 saturated heterocycles. The summed E-state index contributed by atoms with van der Waals surface area (Å²) in [5.74, 6) is -0.308. The third-order valence-corrected chi connectivity index (χ3v) is 2.87. The maximum Gasteiger partial charge on any atom is 0.338 e. The van der Waals surface area contributed by atoms with Crippen molar-refractivity contribution in [3.63, 3.8) is 0 Å². The average molecular weight is 250 g/mol. The monoisotopic (exact) mass is 250 g/mol. The van der Waals surface area contributed by atoms with Gasteiger partial charge in [-0.2, -0.15) is 0 Å². The van der Waals surface area contributed by atoms with Gasteiger partial charge in [0, 0.05) is 12.2 Å². The minimum absolute atomic E-state index is 0.308. The van der Waals surface area contributed by atoms with E-state index in [0.717, 1.165) is 25.2 Å². The molecule has 0 fully saturated rings. The molecule has 0 aliphatic rings. The van der Waals surface area contributed by atoms with Crippen molar-refractivity contribution >= 4 is 11.7 Å². The maximum atomic E-state index is 11.8. The van der Waals surface area contributed by atoms with Crippen LogP contribution in [-0.2, 0) is 4.74 Å². The smallest absolute Gasteiger partial charge is 0.338 e. The van der Waals surface area contributed by atoms with Gasteiger partial charge in [-0.3, -0.25) is 0 Å². The summed E-state index contributed by atoms with van der Waals surface area (Å²) in [5, 5.41) is 0. The number of nitrogens with zero attached hydrogens (tertiary/aromatic N) is 1. The number of carbonyl (C=O) groups excluding carboxylic acids is 1. The van der Waals surface area contributed by atoms with Gasteiger partial charge in [0.2, 0.25) is 0 Å². The zero-order valence-electron chi connectivity index (χ0n) is 11.4. The first-order valence-corrected chi connectivity index (χ1v) is 6.33. The fourth-order valence-electron chi connectivity index (χ4n) is 1.82. The summed E-state index contributed by atoms with van der Waals surface area (Å²) in [6.45, 7) is 9.19. The Hall–Kier alpha value is -1.55. The number of carbonyl (C=O) groups is 1. The molecule has 0 radical (unpaired) electrons. The second-order valence-corrected chi connectivity index (χ2v) is 4.30. The van der Waals surface area contributed by atoms with Gasteiger partial charge in [0.05, 0.1) is 5.56 Å². The van der Waals surface area contributed by atoms with Crippen molar-refractivity contribution in [1.82, 2.24) is 4.90 Å². The molecule has 0 atom stereocenters. The summed E-state index contributed by atoms with van der Waals surface area (Å²) in [5.41, 5.74) is 7.77. The highest BCUT2D eigenvalue weighted by Crippen LogP contribution is 2.12. The summed E-state index contributed by atoms with van der Waals surface area (Å²) in [6.07, 6.45) is 0. The van der Waals surface area contributed by atoms with E-state index in [0.29, 0.717) is 17.9 Å². The van der Waals surface area contributed by atoms with Crippen LogP contribution in [-0.4, -0.2) is 37.1 Å². The Bertz CT molecular complexity index is 381. The predicted molar refractivity (Wildman–Crippen MR) is 73.7 cm³/mol. The molecule has 0 saturated carbocycles. The van der Waals surface area contributed by atoms with E-state index in [-0.39, 0.29) is 5.97 Å². The number of rotatable bonds is 6. The van der Waals surface area contributed by atoms with Gasteiger partial charge < -0.3 is 15.4 Å². The van der Waals surface area contributed by atoms with Gasteiger partial charge in [0.1, 0.15) is 6.61 Å². The van der Waals surface area contributed by atoms with Gasteiger partial charge in [-0.25, -0.2) is 4.79 Å². The molecule has 0 spiro atoms. The first-order valence-electron chi connectivity index (χ1n) is 6.33. The van der Waals surface area contributed by atoms with Crippen LogP contribution in [0.25, 0.3) is 0 Å². The number of hydrogen-bond acceptors (Lipinski definition) is 4. The lowest BCUT2D eigenvalue weighted by Crippen LogP contribution is -2.27. The SMILES string of the molecule is CCN(CC)CCOC(=O)c1cc(C)cc(N)c1. The Kier molecular flexibility index (Phi) is 5.65. The fraction of sp³-hybridized carbons (Fsp3) is 0.500. The fourth-order valence-corrected chi connectivity index (χ4v) is 1.82. The highest BCUT2D eigenvalue weighted by atomic mass is 16.5. The third-order valence-electron chi connectivity index (χ3n) is 2.87. The molecular formula is C14H22N2O2. The van der Waals surface area contributed by atoms with Crippen molar-refractivity contribution in [2.75, 3.05) is 32.0 Å². The second-order valence-electron chi connectivity index (χ2n) is 4.30. The molecule has 4 nitrogen and oxygen atoms in total. The number of likely N-dealkylation sites (N-methyl/N-ethyl adjacent to an activating group) is 1. The Balaban J connectivity index is 2.50. The summed E-state index contributed by atoms with van der Waals surface area (Å²) < 4.78 is 5.24. The first kappa shape index (κ1) is 14.5. The van der Waals surface area contributed by atoms with Crippen LogP contribution in [0.4, 0.5) is 5.69 Å². The van der Waals surface area contributed by atoms with Crippen molar-refractivity contribution in [2.24, 2.45) is 0 Å². The molecule has 100 valence electrons. The Morgan fingerprint density at radius 3 is 2.50 bits per heavy atom. The van der Waals surface area contributed by atoms with E-state index < -0.39 is 0 Å². The molecule has 0 aliphatic heterocycles. The summed E-state index contributed by atoms with van der Waals surface area (Å²) in [7, 11) is 0. The number of anilines is 1. The van der Waals surface area contributed by atoms with Gasteiger partial charge >= 0.3 is 5.97 Å². The van der Waals surface area contributed by atoms with E-state index in [4.69, 9.17) is 10.5 Å². The van der Waals surface area contributed by atoms with E-state index in [1.165, 1.54) is 0 Å². The van der Waals surface area contributed by atoms with Crippen LogP contribution in [0.15, 0.2) is 18.2 Å². The zero-order chi connectivity index (χ0) is 13.5. The van der Waals surface area contributed by atoms with Crippen molar-refractivity contribution in [3.05, 3.63) is 29.3 Å². The molecule has 0 aromatic heterocycles. The summed E-state index contributed by atoms with van der Waals surface area (Å²) in [6, 6.07) is 5.26. The molecule has 18 heavy (non-hydrogen) atoms. The lowest BCUT2D eigenvalue weighted by atomic mass is 10.1. The topological polar surface area (TPSA) is 55.6 Å². The number of hydrogen-bond donors (Lipinski definition) is 1. The molecule has 1 rings (SSSR count). The number of ether oxygens (including phenoxy) is 1. The number of nitrogen functional groups attached to an aromatic ring is 1. The molecule has 0 heterocycles. The third kappa shape index (κ3) is 4.37. The van der Waals surface area contributed by atoms with E-state index in [1.54, 1.807) is 12.1 Å². The Morgan fingerprint density at radius 1 is 1.28 bits per heavy atom. The van der Waals surface area contributed by atoms with E-state index >= 15 is 0 Å². The van der Waals surface area contributed by atoms with Crippen LogP contribution >= 0.6 is 0 Å². The normalized spacial score (nSPS) is 10.7. The number of benzene rings is 1. The highest BCUT2D eigenvalue weighted by molar-refractivity contribution is 5.90. The molecule has 1 aromatic rings. The summed E-state index contributed by atoms with van der Waals surface area (Å²) in [4.78, 5) is 14.0. The predicted octanol–water partition coefficient (Wildman–Crippen LogP) is 2.08. The van der Waals surface area contributed by atoms with Crippen LogP contribution in [0, 0.1) is 6.92 Å². The molecular weight excluding hydrogens is 228 g/mol. The largest absolute Gasteiger partial charge is 0.461 e. The van der Waals surface area contributed by atoms with E-state index in [1.807, 2.05) is 13.0 Å². The van der Waals surface area contributed by atoms with Crippen LogP contribution in [0.1, 0.15) is 29.8 Å². The minimum atomic E-state index is -0.308. The van der Waals surface area contributed by atoms with Crippen LogP contribution in [0.2, 0.25) is 0 Å². The van der Waals surface area contributed by atoms with Gasteiger partial charge in [0.15, 0.2) is 0 Å². The second kappa shape index (κ2) is 7.01. The number of nitrogens with two attached hydrogens (primary N) is 1. The van der Waals surface area contributed by atoms with Gasteiger partial charge in [-0.15, -0.1) is 0 Å². The van der Waals surface area contributed by atoms with Crippen molar-refractivity contribution in [3.8, 4) is 0 Å². The highest BCUT2D eigenvalue weighted by Gasteiger charge is 2.09. The molecule has 0 aliphatic carbocycles. The lowest BCUT2D eigenvalue weighted by molar-refractivity contribution is 0.0466. The van der Waals surface area contributed by atoms with Crippen molar-refractivity contribution < 1.29 is 9.53 Å². The minimum Gasteiger partial charge on any atom is -0.461 e. The van der Waals surface area contributed by atoms with Gasteiger partial charge in [-0.05, 0) is 43.8 Å². The Labute approximate surface area is 109 Å². The summed E-state index contributed by atoms with van der Waals surface area (Å²) >= 11 is 0. The van der Waals surface area contributed by atoms with Crippen LogP contribution in [0.3, 0.4) is 0 Å². The lowest BCUT2D eigenvalue weighted by Gasteiger charge is -2.17. The van der Waals surface area contributed by atoms with Gasteiger partial charge in [0.25, 0.3) is 0 Å². The van der Waals surface area contributed by atoms with E-state index in [9.17, 15) is 4.79 Å². The number of aryl methyl sites for hydroxylation is 1. The average Bonchev–Trinajstić information content (AvgIpc) is 2.33. The molecule has 1 aromatic carbocycles.